The Hall–Kier alpha value is -2.96. The summed E-state index contributed by atoms with van der Waals surface area (Å²) in [6, 6.07) is 6.55. The summed E-state index contributed by atoms with van der Waals surface area (Å²) >= 11 is 0. The first-order chi connectivity index (χ1) is 12.6. The molecule has 1 amide bonds. The van der Waals surface area contributed by atoms with Crippen molar-refractivity contribution in [3.63, 3.8) is 0 Å². The van der Waals surface area contributed by atoms with Crippen molar-refractivity contribution < 1.29 is 14.7 Å². The zero-order chi connectivity index (χ0) is 18.4. The van der Waals surface area contributed by atoms with Crippen molar-refractivity contribution in [1.29, 1.82) is 0 Å². The number of hydrogen-bond acceptors (Lipinski definition) is 5. The number of carboxylic acids is 1. The summed E-state index contributed by atoms with van der Waals surface area (Å²) in [5.41, 5.74) is 1.15. The molecule has 26 heavy (non-hydrogen) atoms. The van der Waals surface area contributed by atoms with Crippen LogP contribution in [0.2, 0.25) is 0 Å². The molecule has 7 nitrogen and oxygen atoms in total. The average molecular weight is 354 g/mol. The van der Waals surface area contributed by atoms with Gasteiger partial charge in [-0.15, -0.1) is 0 Å². The molecule has 0 spiro atoms. The SMILES string of the molecule is O=C(CCc1ccc(C(=O)O)cc1)Nc1cncc(N2CCCCC2)n1. The fraction of sp³-hybridized carbons (Fsp3) is 0.368. The van der Waals surface area contributed by atoms with E-state index in [0.717, 1.165) is 37.3 Å². The molecule has 1 aromatic heterocycles. The Labute approximate surface area is 152 Å². The van der Waals surface area contributed by atoms with Gasteiger partial charge in [0.2, 0.25) is 5.91 Å². The number of amides is 1. The van der Waals surface area contributed by atoms with Crippen molar-refractivity contribution in [3.05, 3.63) is 47.8 Å². The number of aromatic nitrogens is 2. The van der Waals surface area contributed by atoms with Gasteiger partial charge in [-0.1, -0.05) is 12.1 Å². The lowest BCUT2D eigenvalue weighted by Crippen LogP contribution is -2.30. The number of anilines is 2. The molecule has 0 aliphatic carbocycles. The maximum Gasteiger partial charge on any atom is 0.335 e. The molecule has 0 atom stereocenters. The number of nitrogens with zero attached hydrogens (tertiary/aromatic N) is 3. The first-order valence-corrected chi connectivity index (χ1v) is 8.81. The summed E-state index contributed by atoms with van der Waals surface area (Å²) < 4.78 is 0. The van der Waals surface area contributed by atoms with Gasteiger partial charge in [-0.3, -0.25) is 9.78 Å². The molecular formula is C19H22N4O3. The van der Waals surface area contributed by atoms with E-state index in [4.69, 9.17) is 5.11 Å². The number of piperidine rings is 1. The minimum absolute atomic E-state index is 0.141. The van der Waals surface area contributed by atoms with Crippen LogP contribution in [0.5, 0.6) is 0 Å². The number of aromatic carboxylic acids is 1. The monoisotopic (exact) mass is 354 g/mol. The molecule has 7 heteroatoms. The highest BCUT2D eigenvalue weighted by Gasteiger charge is 2.13. The molecule has 3 rings (SSSR count). The summed E-state index contributed by atoms with van der Waals surface area (Å²) in [4.78, 5) is 33.9. The molecule has 136 valence electrons. The Morgan fingerprint density at radius 1 is 1.08 bits per heavy atom. The molecule has 1 aromatic carbocycles. The molecule has 0 saturated carbocycles. The number of carbonyl (C=O) groups is 2. The van der Waals surface area contributed by atoms with Gasteiger partial charge in [0.1, 0.15) is 5.82 Å². The second-order valence-corrected chi connectivity index (χ2v) is 6.36. The second kappa shape index (κ2) is 8.42. The molecule has 2 aromatic rings. The van der Waals surface area contributed by atoms with E-state index in [2.05, 4.69) is 20.2 Å². The van der Waals surface area contributed by atoms with E-state index in [1.54, 1.807) is 36.7 Å². The molecule has 1 fully saturated rings. The molecule has 0 radical (unpaired) electrons. The van der Waals surface area contributed by atoms with Crippen molar-refractivity contribution in [2.45, 2.75) is 32.1 Å². The highest BCUT2D eigenvalue weighted by atomic mass is 16.4. The number of benzene rings is 1. The number of nitrogens with one attached hydrogen (secondary N) is 1. The van der Waals surface area contributed by atoms with E-state index < -0.39 is 5.97 Å². The first kappa shape index (κ1) is 17.8. The predicted molar refractivity (Wildman–Crippen MR) is 98.4 cm³/mol. The van der Waals surface area contributed by atoms with Crippen molar-refractivity contribution in [3.8, 4) is 0 Å². The Morgan fingerprint density at radius 3 is 2.50 bits per heavy atom. The van der Waals surface area contributed by atoms with Crippen LogP contribution < -0.4 is 10.2 Å². The Kier molecular flexibility index (Phi) is 5.78. The van der Waals surface area contributed by atoms with Crippen LogP contribution in [0.4, 0.5) is 11.6 Å². The smallest absolute Gasteiger partial charge is 0.335 e. The summed E-state index contributed by atoms with van der Waals surface area (Å²) in [6.07, 6.45) is 7.65. The molecule has 2 N–H and O–H groups in total. The maximum atomic E-state index is 12.2. The molecular weight excluding hydrogens is 332 g/mol. The van der Waals surface area contributed by atoms with Crippen LogP contribution in [0.25, 0.3) is 0 Å². The van der Waals surface area contributed by atoms with Crippen molar-refractivity contribution in [2.75, 3.05) is 23.3 Å². The van der Waals surface area contributed by atoms with Gasteiger partial charge < -0.3 is 15.3 Å². The lowest BCUT2D eigenvalue weighted by molar-refractivity contribution is -0.116. The third-order valence-electron chi connectivity index (χ3n) is 4.41. The van der Waals surface area contributed by atoms with Crippen LogP contribution in [-0.2, 0) is 11.2 Å². The fourth-order valence-corrected chi connectivity index (χ4v) is 2.97. The van der Waals surface area contributed by atoms with E-state index >= 15 is 0 Å². The highest BCUT2D eigenvalue weighted by molar-refractivity contribution is 5.90. The van der Waals surface area contributed by atoms with E-state index in [1.165, 1.54) is 6.42 Å². The fourth-order valence-electron chi connectivity index (χ4n) is 2.97. The zero-order valence-electron chi connectivity index (χ0n) is 14.5. The van der Waals surface area contributed by atoms with Crippen molar-refractivity contribution >= 4 is 23.5 Å². The molecule has 1 saturated heterocycles. The normalized spacial score (nSPS) is 14.1. The Bertz CT molecular complexity index is 771. The van der Waals surface area contributed by atoms with Gasteiger partial charge >= 0.3 is 5.97 Å². The second-order valence-electron chi connectivity index (χ2n) is 6.36. The summed E-state index contributed by atoms with van der Waals surface area (Å²) in [5, 5.41) is 11.7. The van der Waals surface area contributed by atoms with Gasteiger partial charge in [0.05, 0.1) is 18.0 Å². The van der Waals surface area contributed by atoms with E-state index in [9.17, 15) is 9.59 Å². The maximum absolute atomic E-state index is 12.2. The van der Waals surface area contributed by atoms with Gasteiger partial charge in [-0.25, -0.2) is 9.78 Å². The minimum atomic E-state index is -0.957. The lowest BCUT2D eigenvalue weighted by Gasteiger charge is -2.27. The van der Waals surface area contributed by atoms with Gasteiger partial charge in [0, 0.05) is 19.5 Å². The van der Waals surface area contributed by atoms with E-state index in [0.29, 0.717) is 18.7 Å². The zero-order valence-corrected chi connectivity index (χ0v) is 14.5. The molecule has 0 unspecified atom stereocenters. The topological polar surface area (TPSA) is 95.4 Å². The van der Waals surface area contributed by atoms with Gasteiger partial charge in [0.15, 0.2) is 5.82 Å². The van der Waals surface area contributed by atoms with Crippen LogP contribution in [0.3, 0.4) is 0 Å². The highest BCUT2D eigenvalue weighted by Crippen LogP contribution is 2.18. The average Bonchev–Trinajstić information content (AvgIpc) is 2.67. The summed E-state index contributed by atoms with van der Waals surface area (Å²) in [6.45, 7) is 1.94. The summed E-state index contributed by atoms with van der Waals surface area (Å²) in [5.74, 6) is 0.157. The number of carboxylic acid groups (broad SMARTS) is 1. The van der Waals surface area contributed by atoms with Gasteiger partial charge in [0.25, 0.3) is 0 Å². The standard InChI is InChI=1S/C19H22N4O3/c24-18(9-6-14-4-7-15(8-5-14)19(25)26)22-16-12-20-13-17(21-16)23-10-2-1-3-11-23/h4-5,7-8,12-13H,1-3,6,9-11H2,(H,25,26)(H,21,22,24). The third-order valence-corrected chi connectivity index (χ3v) is 4.41. The Balaban J connectivity index is 1.53. The van der Waals surface area contributed by atoms with Crippen LogP contribution in [0, 0.1) is 0 Å². The van der Waals surface area contributed by atoms with Crippen LogP contribution in [0.15, 0.2) is 36.7 Å². The van der Waals surface area contributed by atoms with E-state index in [-0.39, 0.29) is 11.5 Å². The largest absolute Gasteiger partial charge is 0.478 e. The number of carbonyl (C=O) groups excluding carboxylic acids is 1. The number of aryl methyl sites for hydroxylation is 1. The molecule has 1 aliphatic rings. The molecule has 2 heterocycles. The number of rotatable bonds is 6. The molecule has 1 aliphatic heterocycles. The first-order valence-electron chi connectivity index (χ1n) is 8.81. The van der Waals surface area contributed by atoms with Crippen LogP contribution >= 0.6 is 0 Å². The van der Waals surface area contributed by atoms with Crippen molar-refractivity contribution in [1.82, 2.24) is 9.97 Å². The van der Waals surface area contributed by atoms with E-state index in [1.807, 2.05) is 0 Å². The van der Waals surface area contributed by atoms with Crippen LogP contribution in [-0.4, -0.2) is 40.0 Å². The number of hydrogen-bond donors (Lipinski definition) is 2. The quantitative estimate of drug-likeness (QED) is 0.828. The lowest BCUT2D eigenvalue weighted by atomic mass is 10.1. The summed E-state index contributed by atoms with van der Waals surface area (Å²) in [7, 11) is 0. The minimum Gasteiger partial charge on any atom is -0.478 e. The molecule has 0 bridgehead atoms. The Morgan fingerprint density at radius 2 is 1.81 bits per heavy atom. The van der Waals surface area contributed by atoms with Gasteiger partial charge in [-0.05, 0) is 43.4 Å². The third kappa shape index (κ3) is 4.78. The van der Waals surface area contributed by atoms with Gasteiger partial charge in [-0.2, -0.15) is 0 Å². The van der Waals surface area contributed by atoms with Crippen molar-refractivity contribution in [2.24, 2.45) is 0 Å². The predicted octanol–water partition coefficient (Wildman–Crippen LogP) is 2.74. The van der Waals surface area contributed by atoms with Crippen LogP contribution in [0.1, 0.15) is 41.6 Å².